The lowest BCUT2D eigenvalue weighted by Gasteiger charge is -2.03. The van der Waals surface area contributed by atoms with E-state index >= 15 is 0 Å². The minimum absolute atomic E-state index is 0.143. The summed E-state index contributed by atoms with van der Waals surface area (Å²) >= 11 is 1.40. The van der Waals surface area contributed by atoms with Crippen LogP contribution in [0.15, 0.2) is 78.4 Å². The van der Waals surface area contributed by atoms with Gasteiger partial charge in [-0.25, -0.2) is 0 Å². The molecule has 2 heterocycles. The minimum Gasteiger partial charge on any atom is -0.489 e. The van der Waals surface area contributed by atoms with Crippen LogP contribution in [0.2, 0.25) is 0 Å². The lowest BCUT2D eigenvalue weighted by molar-refractivity contribution is 0.103. The zero-order valence-corrected chi connectivity index (χ0v) is 16.9. The summed E-state index contributed by atoms with van der Waals surface area (Å²) < 4.78 is 7.55. The Bertz CT molecular complexity index is 1080. The number of anilines is 1. The fraction of sp³-hybridized carbons (Fsp3) is 0.130. The van der Waals surface area contributed by atoms with Gasteiger partial charge in [-0.2, -0.15) is 5.10 Å². The van der Waals surface area contributed by atoms with Gasteiger partial charge < -0.3 is 10.1 Å². The zero-order chi connectivity index (χ0) is 20.1. The van der Waals surface area contributed by atoms with Gasteiger partial charge in [-0.05, 0) is 36.1 Å². The van der Waals surface area contributed by atoms with Crippen molar-refractivity contribution >= 4 is 22.9 Å². The number of nitrogens with one attached hydrogen (secondary N) is 1. The second-order valence-corrected chi connectivity index (χ2v) is 7.70. The molecule has 0 bridgehead atoms. The number of aromatic nitrogens is 2. The second-order valence-electron chi connectivity index (χ2n) is 6.79. The highest BCUT2D eigenvalue weighted by molar-refractivity contribution is 7.12. The number of carbonyl (C=O) groups is 1. The van der Waals surface area contributed by atoms with E-state index in [1.54, 1.807) is 6.20 Å². The third-order valence-corrected chi connectivity index (χ3v) is 5.36. The number of thiophene rings is 1. The molecular formula is C23H21N3O2S. The van der Waals surface area contributed by atoms with Crippen molar-refractivity contribution < 1.29 is 9.53 Å². The average molecular weight is 404 g/mol. The molecule has 0 aliphatic carbocycles. The molecule has 2 aromatic carbocycles. The van der Waals surface area contributed by atoms with Crippen LogP contribution in [0, 0.1) is 6.92 Å². The number of carbonyl (C=O) groups excluding carboxylic acids is 1. The number of nitrogens with zero attached hydrogens (tertiary/aromatic N) is 2. The number of benzene rings is 2. The Morgan fingerprint density at radius 3 is 2.69 bits per heavy atom. The van der Waals surface area contributed by atoms with Crippen LogP contribution in [0.25, 0.3) is 0 Å². The van der Waals surface area contributed by atoms with Crippen molar-refractivity contribution in [2.45, 2.75) is 20.1 Å². The molecule has 0 spiro atoms. The van der Waals surface area contributed by atoms with Crippen molar-refractivity contribution in [2.24, 2.45) is 0 Å². The maximum absolute atomic E-state index is 12.5. The molecule has 4 rings (SSSR count). The smallest absolute Gasteiger partial charge is 0.265 e. The van der Waals surface area contributed by atoms with Gasteiger partial charge in [0, 0.05) is 11.8 Å². The maximum Gasteiger partial charge on any atom is 0.265 e. The lowest BCUT2D eigenvalue weighted by atomic mass is 10.1. The summed E-state index contributed by atoms with van der Waals surface area (Å²) in [5.74, 6) is 0.668. The zero-order valence-electron chi connectivity index (χ0n) is 16.0. The SMILES string of the molecule is Cc1ccc(Cn2cc(NC(=O)c3cc(COc4ccccc4)cs3)cn2)cc1. The van der Waals surface area contributed by atoms with Gasteiger partial charge >= 0.3 is 0 Å². The predicted molar refractivity (Wildman–Crippen MR) is 116 cm³/mol. The Balaban J connectivity index is 1.33. The topological polar surface area (TPSA) is 56.2 Å². The number of aryl methyl sites for hydroxylation is 1. The van der Waals surface area contributed by atoms with Crippen LogP contribution in [-0.4, -0.2) is 15.7 Å². The molecule has 0 saturated carbocycles. The molecule has 2 aromatic heterocycles. The first kappa shape index (κ1) is 19.0. The van der Waals surface area contributed by atoms with E-state index in [0.717, 1.165) is 16.9 Å². The predicted octanol–water partition coefficient (Wildman–Crippen LogP) is 5.13. The number of rotatable bonds is 7. The number of ether oxygens (including phenoxy) is 1. The first-order valence-corrected chi connectivity index (χ1v) is 10.2. The number of para-hydroxylation sites is 1. The average Bonchev–Trinajstić information content (AvgIpc) is 3.39. The van der Waals surface area contributed by atoms with Gasteiger partial charge in [-0.3, -0.25) is 9.48 Å². The van der Waals surface area contributed by atoms with Crippen molar-refractivity contribution in [3.63, 3.8) is 0 Å². The highest BCUT2D eigenvalue weighted by Gasteiger charge is 2.11. The summed E-state index contributed by atoms with van der Waals surface area (Å²) in [6.45, 7) is 3.16. The monoisotopic (exact) mass is 403 g/mol. The van der Waals surface area contributed by atoms with E-state index in [2.05, 4.69) is 41.6 Å². The summed E-state index contributed by atoms with van der Waals surface area (Å²) in [6, 6.07) is 19.8. The van der Waals surface area contributed by atoms with Crippen LogP contribution < -0.4 is 10.1 Å². The van der Waals surface area contributed by atoms with E-state index in [9.17, 15) is 4.79 Å². The van der Waals surface area contributed by atoms with Crippen LogP contribution in [0.1, 0.15) is 26.4 Å². The number of hydrogen-bond acceptors (Lipinski definition) is 4. The second kappa shape index (κ2) is 8.75. The molecule has 146 valence electrons. The molecule has 1 N–H and O–H groups in total. The molecule has 0 saturated heterocycles. The summed E-state index contributed by atoms with van der Waals surface area (Å²) in [5, 5.41) is 9.19. The highest BCUT2D eigenvalue weighted by Crippen LogP contribution is 2.19. The Morgan fingerprint density at radius 1 is 1.10 bits per heavy atom. The first-order chi connectivity index (χ1) is 14.2. The molecule has 6 heteroatoms. The molecular weight excluding hydrogens is 382 g/mol. The molecule has 29 heavy (non-hydrogen) atoms. The maximum atomic E-state index is 12.5. The molecule has 0 unspecified atom stereocenters. The number of amides is 1. The van der Waals surface area contributed by atoms with Crippen LogP contribution in [0.3, 0.4) is 0 Å². The summed E-state index contributed by atoms with van der Waals surface area (Å²) in [6.07, 6.45) is 3.50. The Morgan fingerprint density at radius 2 is 1.90 bits per heavy atom. The normalized spacial score (nSPS) is 10.7. The standard InChI is InChI=1S/C23H21N3O2S/c1-17-7-9-18(10-8-17)13-26-14-20(12-24-26)25-23(27)22-11-19(16-29-22)15-28-21-5-3-2-4-6-21/h2-12,14,16H,13,15H2,1H3,(H,25,27). The van der Waals surface area contributed by atoms with E-state index in [1.807, 2.05) is 52.7 Å². The molecule has 4 aromatic rings. The van der Waals surface area contributed by atoms with E-state index in [0.29, 0.717) is 23.7 Å². The Labute approximate surface area is 173 Å². The lowest BCUT2D eigenvalue weighted by Crippen LogP contribution is -2.09. The fourth-order valence-corrected chi connectivity index (χ4v) is 3.63. The molecule has 0 aliphatic rings. The van der Waals surface area contributed by atoms with Crippen molar-refractivity contribution in [2.75, 3.05) is 5.32 Å². The molecule has 1 amide bonds. The van der Waals surface area contributed by atoms with Crippen molar-refractivity contribution in [1.29, 1.82) is 0 Å². The molecule has 0 fully saturated rings. The van der Waals surface area contributed by atoms with Crippen LogP contribution in [0.5, 0.6) is 5.75 Å². The number of hydrogen-bond donors (Lipinski definition) is 1. The van der Waals surface area contributed by atoms with E-state index < -0.39 is 0 Å². The van der Waals surface area contributed by atoms with Gasteiger partial charge in [-0.1, -0.05) is 48.0 Å². The van der Waals surface area contributed by atoms with Crippen molar-refractivity contribution in [3.05, 3.63) is 100 Å². The fourth-order valence-electron chi connectivity index (χ4n) is 2.84. The summed E-state index contributed by atoms with van der Waals surface area (Å²) in [4.78, 5) is 13.2. The van der Waals surface area contributed by atoms with Crippen LogP contribution in [-0.2, 0) is 13.2 Å². The highest BCUT2D eigenvalue weighted by atomic mass is 32.1. The molecule has 0 radical (unpaired) electrons. The van der Waals surface area contributed by atoms with Gasteiger partial charge in [0.15, 0.2) is 0 Å². The Kier molecular flexibility index (Phi) is 5.72. The molecule has 0 aliphatic heterocycles. The quantitative estimate of drug-likeness (QED) is 0.465. The van der Waals surface area contributed by atoms with E-state index in [-0.39, 0.29) is 5.91 Å². The molecule has 0 atom stereocenters. The van der Waals surface area contributed by atoms with E-state index in [1.165, 1.54) is 16.9 Å². The van der Waals surface area contributed by atoms with Crippen LogP contribution in [0.4, 0.5) is 5.69 Å². The van der Waals surface area contributed by atoms with Gasteiger partial charge in [0.25, 0.3) is 5.91 Å². The third kappa shape index (κ3) is 5.12. The van der Waals surface area contributed by atoms with Crippen molar-refractivity contribution in [3.8, 4) is 5.75 Å². The van der Waals surface area contributed by atoms with Gasteiger partial charge in [0.05, 0.1) is 23.3 Å². The van der Waals surface area contributed by atoms with Gasteiger partial charge in [0.1, 0.15) is 12.4 Å². The van der Waals surface area contributed by atoms with Crippen molar-refractivity contribution in [1.82, 2.24) is 9.78 Å². The molecule has 5 nitrogen and oxygen atoms in total. The summed E-state index contributed by atoms with van der Waals surface area (Å²) in [7, 11) is 0. The van der Waals surface area contributed by atoms with Crippen LogP contribution >= 0.6 is 11.3 Å². The summed E-state index contributed by atoms with van der Waals surface area (Å²) in [5.41, 5.74) is 4.04. The van der Waals surface area contributed by atoms with Gasteiger partial charge in [-0.15, -0.1) is 11.3 Å². The third-order valence-electron chi connectivity index (χ3n) is 4.38. The van der Waals surface area contributed by atoms with E-state index in [4.69, 9.17) is 4.74 Å². The Hall–Kier alpha value is -3.38. The van der Waals surface area contributed by atoms with Gasteiger partial charge in [0.2, 0.25) is 0 Å². The first-order valence-electron chi connectivity index (χ1n) is 9.30. The minimum atomic E-state index is -0.143. The largest absolute Gasteiger partial charge is 0.489 e.